The number of benzene rings is 1. The molecule has 1 aliphatic rings. The van der Waals surface area contributed by atoms with Gasteiger partial charge in [0.2, 0.25) is 11.8 Å². The van der Waals surface area contributed by atoms with Gasteiger partial charge in [-0.1, -0.05) is 12.1 Å². The highest BCUT2D eigenvalue weighted by Crippen LogP contribution is 2.18. The van der Waals surface area contributed by atoms with Crippen LogP contribution in [0.3, 0.4) is 0 Å². The van der Waals surface area contributed by atoms with Crippen molar-refractivity contribution >= 4 is 17.0 Å². The monoisotopic (exact) mass is 350 g/mol. The Labute approximate surface area is 152 Å². The molecule has 0 radical (unpaired) electrons. The molecule has 0 unspecified atom stereocenters. The molecule has 26 heavy (non-hydrogen) atoms. The summed E-state index contributed by atoms with van der Waals surface area (Å²) in [6, 6.07) is 9.70. The number of para-hydroxylation sites is 2. The molecule has 7 heteroatoms. The third-order valence-electron chi connectivity index (χ3n) is 4.55. The highest BCUT2D eigenvalue weighted by Gasteiger charge is 2.18. The Morgan fingerprint density at radius 2 is 1.62 bits per heavy atom. The smallest absolute Gasteiger partial charge is 0.235 e. The van der Waals surface area contributed by atoms with Crippen molar-refractivity contribution in [2.24, 2.45) is 0 Å². The highest BCUT2D eigenvalue weighted by atomic mass is 16.5. The predicted octanol–water partition coefficient (Wildman–Crippen LogP) is 1.93. The number of piperazine rings is 1. The first-order valence-electron chi connectivity index (χ1n) is 8.90. The Morgan fingerprint density at radius 3 is 2.35 bits per heavy atom. The van der Waals surface area contributed by atoms with Crippen LogP contribution >= 0.6 is 0 Å². The van der Waals surface area contributed by atoms with Gasteiger partial charge in [0.25, 0.3) is 0 Å². The second-order valence-corrected chi connectivity index (χ2v) is 6.33. The summed E-state index contributed by atoms with van der Waals surface area (Å²) in [6.07, 6.45) is 3.57. The maximum absolute atomic E-state index is 5.91. The van der Waals surface area contributed by atoms with Crippen LogP contribution in [-0.4, -0.2) is 64.2 Å². The van der Waals surface area contributed by atoms with Crippen LogP contribution in [0.5, 0.6) is 5.88 Å². The van der Waals surface area contributed by atoms with Gasteiger partial charge in [-0.05, 0) is 25.1 Å². The van der Waals surface area contributed by atoms with Crippen molar-refractivity contribution in [1.82, 2.24) is 24.8 Å². The second kappa shape index (κ2) is 7.61. The Bertz CT molecular complexity index is 864. The topological polar surface area (TPSA) is 67.3 Å². The maximum atomic E-state index is 5.91. The van der Waals surface area contributed by atoms with E-state index in [4.69, 9.17) is 4.74 Å². The highest BCUT2D eigenvalue weighted by molar-refractivity contribution is 5.74. The zero-order valence-electron chi connectivity index (χ0n) is 14.9. The van der Waals surface area contributed by atoms with Crippen LogP contribution in [0.1, 0.15) is 5.69 Å². The number of ether oxygens (including phenoxy) is 1. The van der Waals surface area contributed by atoms with Crippen molar-refractivity contribution < 1.29 is 4.74 Å². The fourth-order valence-corrected chi connectivity index (χ4v) is 3.11. The van der Waals surface area contributed by atoms with E-state index < -0.39 is 0 Å². The molecule has 0 atom stereocenters. The number of nitrogens with zero attached hydrogens (tertiary/aromatic N) is 6. The van der Waals surface area contributed by atoms with Crippen molar-refractivity contribution in [2.45, 2.75) is 6.92 Å². The lowest BCUT2D eigenvalue weighted by Crippen LogP contribution is -2.48. The standard InChI is InChI=1S/C19H22N6O/c1-15-18(23-17-6-3-2-5-16(17)22-15)26-14-13-24-9-11-25(12-10-24)19-20-7-4-8-21-19/h2-8H,9-14H2,1H3. The zero-order chi connectivity index (χ0) is 17.8. The number of aryl methyl sites for hydroxylation is 1. The van der Waals surface area contributed by atoms with E-state index >= 15 is 0 Å². The summed E-state index contributed by atoms with van der Waals surface area (Å²) in [4.78, 5) is 22.4. The van der Waals surface area contributed by atoms with E-state index in [1.54, 1.807) is 12.4 Å². The van der Waals surface area contributed by atoms with Crippen LogP contribution in [0, 0.1) is 6.92 Å². The molecular weight excluding hydrogens is 328 g/mol. The van der Waals surface area contributed by atoms with Gasteiger partial charge in [-0.25, -0.2) is 19.9 Å². The Hall–Kier alpha value is -2.80. The van der Waals surface area contributed by atoms with E-state index in [2.05, 4.69) is 29.7 Å². The van der Waals surface area contributed by atoms with E-state index in [-0.39, 0.29) is 0 Å². The first-order valence-corrected chi connectivity index (χ1v) is 8.90. The molecule has 0 bridgehead atoms. The molecule has 2 aromatic heterocycles. The van der Waals surface area contributed by atoms with Gasteiger partial charge in [0.1, 0.15) is 12.3 Å². The van der Waals surface area contributed by atoms with E-state index in [0.29, 0.717) is 12.5 Å². The lowest BCUT2D eigenvalue weighted by molar-refractivity contribution is 0.196. The van der Waals surface area contributed by atoms with Gasteiger partial charge in [0.15, 0.2) is 0 Å². The van der Waals surface area contributed by atoms with Gasteiger partial charge in [0.05, 0.1) is 11.0 Å². The van der Waals surface area contributed by atoms with E-state index in [0.717, 1.165) is 55.4 Å². The molecule has 0 aliphatic carbocycles. The molecule has 0 spiro atoms. The number of rotatable bonds is 5. The van der Waals surface area contributed by atoms with Gasteiger partial charge < -0.3 is 9.64 Å². The SMILES string of the molecule is Cc1nc2ccccc2nc1OCCN1CCN(c2ncccn2)CC1. The Kier molecular flexibility index (Phi) is 4.88. The van der Waals surface area contributed by atoms with E-state index in [1.807, 2.05) is 37.3 Å². The second-order valence-electron chi connectivity index (χ2n) is 6.33. The fourth-order valence-electron chi connectivity index (χ4n) is 3.11. The van der Waals surface area contributed by atoms with Gasteiger partial charge in [0, 0.05) is 45.1 Å². The molecule has 134 valence electrons. The van der Waals surface area contributed by atoms with Crippen LogP contribution < -0.4 is 9.64 Å². The summed E-state index contributed by atoms with van der Waals surface area (Å²) >= 11 is 0. The van der Waals surface area contributed by atoms with Crippen LogP contribution in [0.2, 0.25) is 0 Å². The largest absolute Gasteiger partial charge is 0.475 e. The lowest BCUT2D eigenvalue weighted by atomic mass is 10.3. The summed E-state index contributed by atoms with van der Waals surface area (Å²) in [5, 5.41) is 0. The maximum Gasteiger partial charge on any atom is 0.235 e. The lowest BCUT2D eigenvalue weighted by Gasteiger charge is -2.34. The van der Waals surface area contributed by atoms with Crippen LogP contribution in [0.4, 0.5) is 5.95 Å². The first kappa shape index (κ1) is 16.7. The van der Waals surface area contributed by atoms with Crippen LogP contribution in [-0.2, 0) is 0 Å². The summed E-state index contributed by atoms with van der Waals surface area (Å²) in [5.74, 6) is 1.44. The minimum Gasteiger partial charge on any atom is -0.475 e. The van der Waals surface area contributed by atoms with Gasteiger partial charge in [-0.3, -0.25) is 4.90 Å². The van der Waals surface area contributed by atoms with Crippen molar-refractivity contribution in [2.75, 3.05) is 44.2 Å². The van der Waals surface area contributed by atoms with Crippen molar-refractivity contribution in [3.63, 3.8) is 0 Å². The molecule has 1 aromatic carbocycles. The molecular formula is C19H22N6O. The molecule has 7 nitrogen and oxygen atoms in total. The minimum absolute atomic E-state index is 0.607. The molecule has 0 amide bonds. The number of hydrogen-bond acceptors (Lipinski definition) is 7. The van der Waals surface area contributed by atoms with Crippen molar-refractivity contribution in [3.05, 3.63) is 48.4 Å². The van der Waals surface area contributed by atoms with E-state index in [1.165, 1.54) is 0 Å². The average Bonchev–Trinajstić information content (AvgIpc) is 2.69. The summed E-state index contributed by atoms with van der Waals surface area (Å²) in [7, 11) is 0. The number of anilines is 1. The predicted molar refractivity (Wildman–Crippen MR) is 100 cm³/mol. The van der Waals surface area contributed by atoms with Crippen molar-refractivity contribution in [1.29, 1.82) is 0 Å². The third kappa shape index (κ3) is 3.72. The van der Waals surface area contributed by atoms with Gasteiger partial charge >= 0.3 is 0 Å². The van der Waals surface area contributed by atoms with Crippen molar-refractivity contribution in [3.8, 4) is 5.88 Å². The molecule has 1 aliphatic heterocycles. The van der Waals surface area contributed by atoms with E-state index in [9.17, 15) is 0 Å². The number of aromatic nitrogens is 4. The van der Waals surface area contributed by atoms with Crippen LogP contribution in [0.15, 0.2) is 42.7 Å². The normalized spacial score (nSPS) is 15.3. The molecule has 1 fully saturated rings. The van der Waals surface area contributed by atoms with Crippen LogP contribution in [0.25, 0.3) is 11.0 Å². The Balaban J connectivity index is 1.29. The first-order chi connectivity index (χ1) is 12.8. The third-order valence-corrected chi connectivity index (χ3v) is 4.55. The zero-order valence-corrected chi connectivity index (χ0v) is 14.9. The molecule has 4 rings (SSSR count). The fraction of sp³-hybridized carbons (Fsp3) is 0.368. The average molecular weight is 350 g/mol. The summed E-state index contributed by atoms with van der Waals surface area (Å²) in [5.41, 5.74) is 2.59. The van der Waals surface area contributed by atoms with Gasteiger partial charge in [-0.15, -0.1) is 0 Å². The van der Waals surface area contributed by atoms with Gasteiger partial charge in [-0.2, -0.15) is 0 Å². The molecule has 0 N–H and O–H groups in total. The molecule has 3 aromatic rings. The molecule has 0 saturated carbocycles. The summed E-state index contributed by atoms with van der Waals surface area (Å²) in [6.45, 7) is 7.23. The quantitative estimate of drug-likeness (QED) is 0.696. The molecule has 1 saturated heterocycles. The minimum atomic E-state index is 0.607. The summed E-state index contributed by atoms with van der Waals surface area (Å²) < 4.78 is 5.91. The molecule has 3 heterocycles. The Morgan fingerprint density at radius 1 is 0.923 bits per heavy atom. The number of hydrogen-bond donors (Lipinski definition) is 0. The number of fused-ring (bicyclic) bond motifs is 1.